The maximum absolute atomic E-state index is 10.7. The fourth-order valence-corrected chi connectivity index (χ4v) is 2.67. The van der Waals surface area contributed by atoms with Crippen LogP contribution in [-0.4, -0.2) is 19.7 Å². The van der Waals surface area contributed by atoms with Crippen molar-refractivity contribution in [1.82, 2.24) is 14.8 Å². The summed E-state index contributed by atoms with van der Waals surface area (Å²) in [6.07, 6.45) is 3.43. The highest BCUT2D eigenvalue weighted by atomic mass is 35.5. The standard InChI is InChI=1S/C18H12ClN5O2/c1-23-17(10-9-15-13(11-20)3-2-4-16(15)19)21-22-18(23)12-5-7-14(8-6-12)24(25)26/h2-10H,1H3. The van der Waals surface area contributed by atoms with Crippen LogP contribution in [0.15, 0.2) is 42.5 Å². The first-order valence-electron chi connectivity index (χ1n) is 7.52. The van der Waals surface area contributed by atoms with Crippen LogP contribution in [0, 0.1) is 21.4 Å². The molecule has 0 bridgehead atoms. The number of nitriles is 1. The van der Waals surface area contributed by atoms with E-state index in [1.54, 1.807) is 54.1 Å². The Hall–Kier alpha value is -3.50. The summed E-state index contributed by atoms with van der Waals surface area (Å²) in [4.78, 5) is 10.3. The summed E-state index contributed by atoms with van der Waals surface area (Å²) >= 11 is 6.16. The van der Waals surface area contributed by atoms with Gasteiger partial charge in [0.1, 0.15) is 0 Å². The lowest BCUT2D eigenvalue weighted by atomic mass is 10.1. The van der Waals surface area contributed by atoms with Crippen molar-refractivity contribution in [2.75, 3.05) is 0 Å². The van der Waals surface area contributed by atoms with Gasteiger partial charge in [-0.1, -0.05) is 17.7 Å². The van der Waals surface area contributed by atoms with Gasteiger partial charge in [-0.25, -0.2) is 0 Å². The molecule has 0 aliphatic rings. The van der Waals surface area contributed by atoms with Gasteiger partial charge < -0.3 is 4.57 Å². The summed E-state index contributed by atoms with van der Waals surface area (Å²) in [5.41, 5.74) is 1.79. The molecule has 26 heavy (non-hydrogen) atoms. The van der Waals surface area contributed by atoms with E-state index >= 15 is 0 Å². The quantitative estimate of drug-likeness (QED) is 0.512. The van der Waals surface area contributed by atoms with Gasteiger partial charge in [-0.2, -0.15) is 5.26 Å². The van der Waals surface area contributed by atoms with Gasteiger partial charge in [0.15, 0.2) is 11.6 Å². The third-order valence-electron chi connectivity index (χ3n) is 3.82. The van der Waals surface area contributed by atoms with Crippen molar-refractivity contribution in [3.05, 3.63) is 74.6 Å². The summed E-state index contributed by atoms with van der Waals surface area (Å²) in [5.74, 6) is 1.13. The summed E-state index contributed by atoms with van der Waals surface area (Å²) in [6, 6.07) is 13.3. The van der Waals surface area contributed by atoms with Crippen molar-refractivity contribution in [2.45, 2.75) is 0 Å². The molecule has 128 valence electrons. The Balaban J connectivity index is 1.93. The van der Waals surface area contributed by atoms with Gasteiger partial charge in [0, 0.05) is 35.3 Å². The van der Waals surface area contributed by atoms with E-state index in [1.807, 2.05) is 0 Å². The molecule has 1 aromatic heterocycles. The molecule has 2 aromatic carbocycles. The second-order valence-electron chi connectivity index (χ2n) is 5.39. The first kappa shape index (κ1) is 17.3. The number of hydrogen-bond acceptors (Lipinski definition) is 5. The highest BCUT2D eigenvalue weighted by molar-refractivity contribution is 6.32. The third kappa shape index (κ3) is 3.31. The van der Waals surface area contributed by atoms with Crippen LogP contribution in [0.4, 0.5) is 5.69 Å². The van der Waals surface area contributed by atoms with Crippen LogP contribution in [0.5, 0.6) is 0 Å². The summed E-state index contributed by atoms with van der Waals surface area (Å²) in [6.45, 7) is 0. The number of nitrogens with zero attached hydrogens (tertiary/aromatic N) is 5. The first-order chi connectivity index (χ1) is 12.5. The second-order valence-corrected chi connectivity index (χ2v) is 5.80. The molecular weight excluding hydrogens is 354 g/mol. The van der Waals surface area contributed by atoms with Crippen LogP contribution in [0.3, 0.4) is 0 Å². The monoisotopic (exact) mass is 365 g/mol. The molecule has 0 unspecified atom stereocenters. The Labute approximate surface area is 153 Å². The van der Waals surface area contributed by atoms with Crippen molar-refractivity contribution in [3.63, 3.8) is 0 Å². The zero-order valence-corrected chi connectivity index (χ0v) is 14.4. The highest BCUT2D eigenvalue weighted by Gasteiger charge is 2.11. The average molecular weight is 366 g/mol. The van der Waals surface area contributed by atoms with Crippen molar-refractivity contribution in [2.24, 2.45) is 7.05 Å². The van der Waals surface area contributed by atoms with E-state index in [4.69, 9.17) is 11.6 Å². The predicted molar refractivity (Wildman–Crippen MR) is 98.2 cm³/mol. The van der Waals surface area contributed by atoms with E-state index in [0.29, 0.717) is 33.4 Å². The Bertz CT molecular complexity index is 1050. The number of rotatable bonds is 4. The molecular formula is C18H12ClN5O2. The van der Waals surface area contributed by atoms with Gasteiger partial charge >= 0.3 is 0 Å². The van der Waals surface area contributed by atoms with Gasteiger partial charge in [-0.15, -0.1) is 10.2 Å². The lowest BCUT2D eigenvalue weighted by Gasteiger charge is -2.02. The minimum atomic E-state index is -0.453. The number of halogens is 1. The predicted octanol–water partition coefficient (Wildman–Crippen LogP) is 4.09. The zero-order chi connectivity index (χ0) is 18.7. The van der Waals surface area contributed by atoms with E-state index in [2.05, 4.69) is 16.3 Å². The largest absolute Gasteiger partial charge is 0.311 e. The summed E-state index contributed by atoms with van der Waals surface area (Å²) in [7, 11) is 1.79. The van der Waals surface area contributed by atoms with Crippen LogP contribution in [0.25, 0.3) is 23.5 Å². The highest BCUT2D eigenvalue weighted by Crippen LogP contribution is 2.24. The molecule has 0 fully saturated rings. The number of nitro groups is 1. The Kier molecular flexibility index (Phi) is 4.78. The fourth-order valence-electron chi connectivity index (χ4n) is 2.43. The SMILES string of the molecule is Cn1c(C=Cc2c(Cl)cccc2C#N)nnc1-c1ccc([N+](=O)[O-])cc1. The maximum Gasteiger partial charge on any atom is 0.269 e. The van der Waals surface area contributed by atoms with Gasteiger partial charge in [0.05, 0.1) is 16.6 Å². The number of non-ortho nitro benzene ring substituents is 1. The van der Waals surface area contributed by atoms with Crippen LogP contribution in [0.1, 0.15) is 17.0 Å². The molecule has 0 aliphatic carbocycles. The number of hydrogen-bond donors (Lipinski definition) is 0. The van der Waals surface area contributed by atoms with Gasteiger partial charge in [-0.3, -0.25) is 10.1 Å². The summed E-state index contributed by atoms with van der Waals surface area (Å²) in [5, 5.41) is 28.7. The van der Waals surface area contributed by atoms with Crippen molar-refractivity contribution in [3.8, 4) is 17.5 Å². The van der Waals surface area contributed by atoms with E-state index in [9.17, 15) is 15.4 Å². The molecule has 0 saturated heterocycles. The molecule has 1 heterocycles. The number of nitro benzene ring substituents is 1. The average Bonchev–Trinajstić information content (AvgIpc) is 3.01. The molecule has 0 amide bonds. The minimum absolute atomic E-state index is 0.0128. The molecule has 7 nitrogen and oxygen atoms in total. The summed E-state index contributed by atoms with van der Waals surface area (Å²) < 4.78 is 1.75. The fraction of sp³-hybridized carbons (Fsp3) is 0.0556. The van der Waals surface area contributed by atoms with Crippen LogP contribution in [-0.2, 0) is 7.05 Å². The van der Waals surface area contributed by atoms with Crippen LogP contribution < -0.4 is 0 Å². The number of benzene rings is 2. The van der Waals surface area contributed by atoms with E-state index in [1.165, 1.54) is 12.1 Å². The zero-order valence-electron chi connectivity index (χ0n) is 13.6. The van der Waals surface area contributed by atoms with Gasteiger partial charge in [0.25, 0.3) is 5.69 Å². The lowest BCUT2D eigenvalue weighted by molar-refractivity contribution is -0.384. The maximum atomic E-state index is 10.7. The molecule has 0 aliphatic heterocycles. The van der Waals surface area contributed by atoms with E-state index in [-0.39, 0.29) is 5.69 Å². The smallest absolute Gasteiger partial charge is 0.269 e. The van der Waals surface area contributed by atoms with Crippen molar-refractivity contribution >= 4 is 29.4 Å². The van der Waals surface area contributed by atoms with Gasteiger partial charge in [0.2, 0.25) is 0 Å². The molecule has 0 saturated carbocycles. The molecule has 8 heteroatoms. The Morgan fingerprint density at radius 2 is 1.92 bits per heavy atom. The Morgan fingerprint density at radius 3 is 2.58 bits per heavy atom. The topological polar surface area (TPSA) is 97.6 Å². The molecule has 0 spiro atoms. The Morgan fingerprint density at radius 1 is 1.19 bits per heavy atom. The first-order valence-corrected chi connectivity index (χ1v) is 7.90. The molecule has 3 rings (SSSR count). The second kappa shape index (κ2) is 7.17. The molecule has 0 N–H and O–H groups in total. The van der Waals surface area contributed by atoms with Gasteiger partial charge in [-0.05, 0) is 36.4 Å². The van der Waals surface area contributed by atoms with Crippen LogP contribution >= 0.6 is 11.6 Å². The normalized spacial score (nSPS) is 10.8. The molecule has 0 radical (unpaired) electrons. The van der Waals surface area contributed by atoms with E-state index in [0.717, 1.165) is 0 Å². The van der Waals surface area contributed by atoms with Crippen molar-refractivity contribution in [1.29, 1.82) is 5.26 Å². The molecule has 3 aromatic rings. The van der Waals surface area contributed by atoms with Crippen molar-refractivity contribution < 1.29 is 4.92 Å². The molecule has 0 atom stereocenters. The van der Waals surface area contributed by atoms with Crippen LogP contribution in [0.2, 0.25) is 5.02 Å². The van der Waals surface area contributed by atoms with E-state index < -0.39 is 4.92 Å². The number of aromatic nitrogens is 3. The lowest BCUT2D eigenvalue weighted by Crippen LogP contribution is -1.96. The minimum Gasteiger partial charge on any atom is -0.311 e. The third-order valence-corrected chi connectivity index (χ3v) is 4.15.